The molecule has 2 rings (SSSR count). The van der Waals surface area contributed by atoms with Gasteiger partial charge in [-0.15, -0.1) is 0 Å². The molecule has 88 valence electrons. The second-order valence-corrected chi connectivity index (χ2v) is 4.87. The number of hydrogen-bond donors (Lipinski definition) is 1. The van der Waals surface area contributed by atoms with Crippen molar-refractivity contribution < 1.29 is 0 Å². The molecule has 0 radical (unpaired) electrons. The normalized spacial score (nSPS) is 22.2. The number of hydrogen-bond acceptors (Lipinski definition) is 2. The number of nitrogens with one attached hydrogen (secondary N) is 1. The van der Waals surface area contributed by atoms with Crippen molar-refractivity contribution in [3.05, 3.63) is 35.4 Å². The molecule has 0 bridgehead atoms. The van der Waals surface area contributed by atoms with E-state index in [4.69, 9.17) is 0 Å². The van der Waals surface area contributed by atoms with Crippen molar-refractivity contribution in [3.63, 3.8) is 0 Å². The van der Waals surface area contributed by atoms with Crippen LogP contribution in [0.1, 0.15) is 29.9 Å². The van der Waals surface area contributed by atoms with Gasteiger partial charge in [0, 0.05) is 13.1 Å². The minimum Gasteiger partial charge on any atom is -0.316 e. The Labute approximate surface area is 98.7 Å². The zero-order chi connectivity index (χ0) is 11.4. The summed E-state index contributed by atoms with van der Waals surface area (Å²) in [5.41, 5.74) is 2.88. The lowest BCUT2D eigenvalue weighted by Crippen LogP contribution is -2.30. The molecule has 0 aromatic heterocycles. The van der Waals surface area contributed by atoms with E-state index >= 15 is 0 Å². The van der Waals surface area contributed by atoms with Crippen LogP contribution in [0.3, 0.4) is 0 Å². The highest BCUT2D eigenvalue weighted by Crippen LogP contribution is 2.26. The first-order valence-electron chi connectivity index (χ1n) is 6.21. The standard InChI is InChI=1S/C14H22N2/c1-15-10-12-5-7-13(8-6-12)14-4-3-9-16(2)11-14/h5-8,14-15H,3-4,9-11H2,1-2H3. The van der Waals surface area contributed by atoms with Crippen LogP contribution in [0, 0.1) is 0 Å². The molecule has 1 N–H and O–H groups in total. The summed E-state index contributed by atoms with van der Waals surface area (Å²) in [5.74, 6) is 0.738. The first kappa shape index (κ1) is 11.6. The van der Waals surface area contributed by atoms with Gasteiger partial charge in [-0.05, 0) is 50.5 Å². The molecule has 1 unspecified atom stereocenters. The van der Waals surface area contributed by atoms with Crippen molar-refractivity contribution in [2.24, 2.45) is 0 Å². The molecule has 1 aliphatic rings. The fraction of sp³-hybridized carbons (Fsp3) is 0.571. The van der Waals surface area contributed by atoms with E-state index in [9.17, 15) is 0 Å². The molecule has 1 atom stereocenters. The Balaban J connectivity index is 2.03. The summed E-state index contributed by atoms with van der Waals surface area (Å²) in [6.07, 6.45) is 2.68. The minimum absolute atomic E-state index is 0.738. The van der Waals surface area contributed by atoms with Crippen molar-refractivity contribution in [3.8, 4) is 0 Å². The lowest BCUT2D eigenvalue weighted by molar-refractivity contribution is 0.251. The van der Waals surface area contributed by atoms with Gasteiger partial charge < -0.3 is 10.2 Å². The molecule has 1 heterocycles. The van der Waals surface area contributed by atoms with Gasteiger partial charge in [-0.3, -0.25) is 0 Å². The molecule has 2 heteroatoms. The van der Waals surface area contributed by atoms with E-state index in [2.05, 4.69) is 41.5 Å². The van der Waals surface area contributed by atoms with Crippen LogP contribution in [0.5, 0.6) is 0 Å². The van der Waals surface area contributed by atoms with Gasteiger partial charge in [-0.25, -0.2) is 0 Å². The zero-order valence-corrected chi connectivity index (χ0v) is 10.4. The minimum atomic E-state index is 0.738. The number of nitrogens with zero attached hydrogens (tertiary/aromatic N) is 1. The van der Waals surface area contributed by atoms with Gasteiger partial charge in [-0.1, -0.05) is 24.3 Å². The second-order valence-electron chi connectivity index (χ2n) is 4.87. The van der Waals surface area contributed by atoms with E-state index in [-0.39, 0.29) is 0 Å². The van der Waals surface area contributed by atoms with Crippen LogP contribution in [-0.4, -0.2) is 32.1 Å². The molecule has 1 aliphatic heterocycles. The summed E-state index contributed by atoms with van der Waals surface area (Å²) in [4.78, 5) is 2.44. The number of benzene rings is 1. The predicted octanol–water partition coefficient (Wildman–Crippen LogP) is 2.22. The maximum Gasteiger partial charge on any atom is 0.0202 e. The molecule has 0 saturated carbocycles. The van der Waals surface area contributed by atoms with Crippen LogP contribution >= 0.6 is 0 Å². The van der Waals surface area contributed by atoms with E-state index in [0.717, 1.165) is 12.5 Å². The maximum atomic E-state index is 3.18. The number of likely N-dealkylation sites (N-methyl/N-ethyl adjacent to an activating group) is 1. The lowest BCUT2D eigenvalue weighted by atomic mass is 9.90. The van der Waals surface area contributed by atoms with Crippen LogP contribution in [0.15, 0.2) is 24.3 Å². The second kappa shape index (κ2) is 5.46. The van der Waals surface area contributed by atoms with E-state index in [0.29, 0.717) is 0 Å². The van der Waals surface area contributed by atoms with Crippen molar-refractivity contribution in [1.29, 1.82) is 0 Å². The third kappa shape index (κ3) is 2.83. The van der Waals surface area contributed by atoms with E-state index in [1.165, 1.54) is 37.1 Å². The van der Waals surface area contributed by atoms with E-state index in [1.807, 2.05) is 7.05 Å². The van der Waals surface area contributed by atoms with Crippen LogP contribution in [0.4, 0.5) is 0 Å². The molecule has 1 aromatic rings. The van der Waals surface area contributed by atoms with Gasteiger partial charge in [0.05, 0.1) is 0 Å². The van der Waals surface area contributed by atoms with Crippen molar-refractivity contribution >= 4 is 0 Å². The number of likely N-dealkylation sites (tertiary alicyclic amines) is 1. The fourth-order valence-corrected chi connectivity index (χ4v) is 2.55. The Morgan fingerprint density at radius 3 is 2.69 bits per heavy atom. The third-order valence-electron chi connectivity index (χ3n) is 3.46. The van der Waals surface area contributed by atoms with E-state index < -0.39 is 0 Å². The predicted molar refractivity (Wildman–Crippen MR) is 68.7 cm³/mol. The number of rotatable bonds is 3. The largest absolute Gasteiger partial charge is 0.316 e. The highest BCUT2D eigenvalue weighted by atomic mass is 15.1. The molecule has 0 spiro atoms. The van der Waals surface area contributed by atoms with Crippen LogP contribution in [0.25, 0.3) is 0 Å². The van der Waals surface area contributed by atoms with Crippen LogP contribution < -0.4 is 5.32 Å². The highest BCUT2D eigenvalue weighted by Gasteiger charge is 2.18. The first-order chi connectivity index (χ1) is 7.79. The Kier molecular flexibility index (Phi) is 3.97. The summed E-state index contributed by atoms with van der Waals surface area (Å²) >= 11 is 0. The smallest absolute Gasteiger partial charge is 0.0202 e. The zero-order valence-electron chi connectivity index (χ0n) is 10.4. The van der Waals surface area contributed by atoms with Gasteiger partial charge in [-0.2, -0.15) is 0 Å². The van der Waals surface area contributed by atoms with Gasteiger partial charge in [0.25, 0.3) is 0 Å². The number of piperidine rings is 1. The van der Waals surface area contributed by atoms with Crippen molar-refractivity contribution in [2.75, 3.05) is 27.2 Å². The van der Waals surface area contributed by atoms with E-state index in [1.54, 1.807) is 0 Å². The molecule has 2 nitrogen and oxygen atoms in total. The summed E-state index contributed by atoms with van der Waals surface area (Å²) < 4.78 is 0. The maximum absolute atomic E-state index is 3.18. The first-order valence-corrected chi connectivity index (χ1v) is 6.21. The highest BCUT2D eigenvalue weighted by molar-refractivity contribution is 5.26. The Bertz CT molecular complexity index is 318. The Morgan fingerprint density at radius 2 is 2.06 bits per heavy atom. The topological polar surface area (TPSA) is 15.3 Å². The third-order valence-corrected chi connectivity index (χ3v) is 3.46. The van der Waals surface area contributed by atoms with Gasteiger partial charge in [0.1, 0.15) is 0 Å². The Hall–Kier alpha value is -0.860. The molecular formula is C14H22N2. The molecule has 1 saturated heterocycles. The molecular weight excluding hydrogens is 196 g/mol. The summed E-state index contributed by atoms with van der Waals surface area (Å²) in [6.45, 7) is 3.44. The quantitative estimate of drug-likeness (QED) is 0.837. The van der Waals surface area contributed by atoms with Gasteiger partial charge >= 0.3 is 0 Å². The van der Waals surface area contributed by atoms with Crippen LogP contribution in [0.2, 0.25) is 0 Å². The summed E-state index contributed by atoms with van der Waals surface area (Å²) in [5, 5.41) is 3.18. The summed E-state index contributed by atoms with van der Waals surface area (Å²) in [6, 6.07) is 9.11. The SMILES string of the molecule is CNCc1ccc(C2CCCN(C)C2)cc1. The fourth-order valence-electron chi connectivity index (χ4n) is 2.55. The molecule has 1 fully saturated rings. The van der Waals surface area contributed by atoms with Crippen molar-refractivity contribution in [1.82, 2.24) is 10.2 Å². The molecule has 0 amide bonds. The van der Waals surface area contributed by atoms with Gasteiger partial charge in [0.2, 0.25) is 0 Å². The van der Waals surface area contributed by atoms with Crippen molar-refractivity contribution in [2.45, 2.75) is 25.3 Å². The molecule has 0 aliphatic carbocycles. The molecule has 1 aromatic carbocycles. The monoisotopic (exact) mass is 218 g/mol. The van der Waals surface area contributed by atoms with Gasteiger partial charge in [0.15, 0.2) is 0 Å². The summed E-state index contributed by atoms with van der Waals surface area (Å²) in [7, 11) is 4.21. The average molecular weight is 218 g/mol. The molecule has 16 heavy (non-hydrogen) atoms. The lowest BCUT2D eigenvalue weighted by Gasteiger charge is -2.30. The average Bonchev–Trinajstić information content (AvgIpc) is 2.30. The Morgan fingerprint density at radius 1 is 1.31 bits per heavy atom. The van der Waals surface area contributed by atoms with Crippen LogP contribution in [-0.2, 0) is 6.54 Å².